The molecule has 0 aliphatic carbocycles. The Kier molecular flexibility index (Phi) is 6.64. The van der Waals surface area contributed by atoms with Gasteiger partial charge in [0.05, 0.1) is 4.90 Å². The minimum Gasteiger partial charge on any atom is -0.481 e. The van der Waals surface area contributed by atoms with Crippen LogP contribution in [0, 0.1) is 20.8 Å². The first-order valence-corrected chi connectivity index (χ1v) is 10.6. The van der Waals surface area contributed by atoms with Gasteiger partial charge in [-0.2, -0.15) is 4.31 Å². The standard InChI is InChI=1S/C19H28N2O5S/c1-13-11-14(2)18(15(3)12-13)27(25,26)21-10-5-7-16(21)19(24)20(4)9-6-8-17(22)23/h11-12,16H,5-10H2,1-4H3,(H,22,23). The molecular formula is C19H28N2O5S. The van der Waals surface area contributed by atoms with Gasteiger partial charge in [-0.15, -0.1) is 0 Å². The number of carboxylic acid groups (broad SMARTS) is 1. The summed E-state index contributed by atoms with van der Waals surface area (Å²) in [6.07, 6.45) is 1.42. The van der Waals surface area contributed by atoms with Crippen LogP contribution in [-0.4, -0.2) is 60.8 Å². The molecule has 1 aromatic carbocycles. The molecule has 8 heteroatoms. The lowest BCUT2D eigenvalue weighted by atomic mass is 10.1. The smallest absolute Gasteiger partial charge is 0.303 e. The Morgan fingerprint density at radius 2 is 1.81 bits per heavy atom. The first kappa shape index (κ1) is 21.4. The Labute approximate surface area is 161 Å². The molecule has 1 amide bonds. The first-order valence-electron chi connectivity index (χ1n) is 9.12. The summed E-state index contributed by atoms with van der Waals surface area (Å²) in [5.74, 6) is -1.19. The molecule has 1 fully saturated rings. The van der Waals surface area contributed by atoms with Crippen molar-refractivity contribution >= 4 is 21.9 Å². The number of hydrogen-bond acceptors (Lipinski definition) is 4. The van der Waals surface area contributed by atoms with E-state index in [1.165, 1.54) is 9.21 Å². The van der Waals surface area contributed by atoms with E-state index < -0.39 is 22.0 Å². The number of likely N-dealkylation sites (N-methyl/N-ethyl adjacent to an activating group) is 1. The molecule has 1 heterocycles. The van der Waals surface area contributed by atoms with Crippen molar-refractivity contribution in [2.75, 3.05) is 20.1 Å². The molecule has 1 atom stereocenters. The van der Waals surface area contributed by atoms with Crippen LogP contribution in [0.2, 0.25) is 0 Å². The van der Waals surface area contributed by atoms with Gasteiger partial charge in [-0.3, -0.25) is 9.59 Å². The number of sulfonamides is 1. The lowest BCUT2D eigenvalue weighted by Crippen LogP contribution is -2.47. The normalized spacial score (nSPS) is 17.9. The third kappa shape index (κ3) is 4.68. The second-order valence-electron chi connectivity index (χ2n) is 7.26. The van der Waals surface area contributed by atoms with E-state index in [1.807, 2.05) is 19.1 Å². The third-order valence-electron chi connectivity index (χ3n) is 4.92. The van der Waals surface area contributed by atoms with Crippen molar-refractivity contribution in [1.82, 2.24) is 9.21 Å². The SMILES string of the molecule is Cc1cc(C)c(S(=O)(=O)N2CCCC2C(=O)N(C)CCCC(=O)O)c(C)c1. The van der Waals surface area contributed by atoms with E-state index in [-0.39, 0.29) is 23.8 Å². The molecule has 0 spiro atoms. The van der Waals surface area contributed by atoms with Gasteiger partial charge in [-0.1, -0.05) is 17.7 Å². The van der Waals surface area contributed by atoms with Crippen molar-refractivity contribution in [3.05, 3.63) is 28.8 Å². The number of aryl methyl sites for hydroxylation is 3. The van der Waals surface area contributed by atoms with E-state index >= 15 is 0 Å². The van der Waals surface area contributed by atoms with Crippen LogP contribution < -0.4 is 0 Å². The van der Waals surface area contributed by atoms with Gasteiger partial charge in [0.2, 0.25) is 15.9 Å². The molecule has 1 unspecified atom stereocenters. The highest BCUT2D eigenvalue weighted by Gasteiger charge is 2.41. The average molecular weight is 397 g/mol. The molecule has 1 N–H and O–H groups in total. The Morgan fingerprint density at radius 1 is 1.22 bits per heavy atom. The molecule has 27 heavy (non-hydrogen) atoms. The van der Waals surface area contributed by atoms with E-state index in [0.29, 0.717) is 36.9 Å². The van der Waals surface area contributed by atoms with Crippen LogP contribution in [0.3, 0.4) is 0 Å². The molecule has 2 rings (SSSR count). The molecule has 0 saturated carbocycles. The summed E-state index contributed by atoms with van der Waals surface area (Å²) in [6, 6.07) is 2.94. The van der Waals surface area contributed by atoms with Gasteiger partial charge in [0.1, 0.15) is 6.04 Å². The number of rotatable bonds is 7. The van der Waals surface area contributed by atoms with E-state index in [9.17, 15) is 18.0 Å². The Bertz CT molecular complexity index is 811. The third-order valence-corrected chi connectivity index (χ3v) is 7.13. The predicted molar refractivity (Wildman–Crippen MR) is 102 cm³/mol. The summed E-state index contributed by atoms with van der Waals surface area (Å²) in [6.45, 7) is 6.08. The Balaban J connectivity index is 2.24. The molecule has 1 saturated heterocycles. The predicted octanol–water partition coefficient (Wildman–Crippen LogP) is 2.09. The maximum absolute atomic E-state index is 13.3. The van der Waals surface area contributed by atoms with Gasteiger partial charge in [0.25, 0.3) is 0 Å². The van der Waals surface area contributed by atoms with Crippen molar-refractivity contribution < 1.29 is 23.1 Å². The zero-order valence-electron chi connectivity index (χ0n) is 16.4. The Hall–Kier alpha value is -1.93. The Morgan fingerprint density at radius 3 is 2.37 bits per heavy atom. The van der Waals surface area contributed by atoms with Crippen molar-refractivity contribution in [3.63, 3.8) is 0 Å². The second kappa shape index (κ2) is 8.39. The first-order chi connectivity index (χ1) is 12.6. The maximum atomic E-state index is 13.3. The number of hydrogen-bond donors (Lipinski definition) is 1. The van der Waals surface area contributed by atoms with E-state index in [2.05, 4.69) is 0 Å². The molecule has 0 radical (unpaired) electrons. The molecule has 1 aliphatic heterocycles. The molecular weight excluding hydrogens is 368 g/mol. The van der Waals surface area contributed by atoms with E-state index in [1.54, 1.807) is 20.9 Å². The van der Waals surface area contributed by atoms with Gasteiger partial charge in [0, 0.05) is 26.6 Å². The highest BCUT2D eigenvalue weighted by atomic mass is 32.2. The van der Waals surface area contributed by atoms with Crippen LogP contribution >= 0.6 is 0 Å². The number of benzene rings is 1. The number of amides is 1. The van der Waals surface area contributed by atoms with Crippen LogP contribution in [0.25, 0.3) is 0 Å². The van der Waals surface area contributed by atoms with Gasteiger partial charge >= 0.3 is 5.97 Å². The maximum Gasteiger partial charge on any atom is 0.303 e. The van der Waals surface area contributed by atoms with Gasteiger partial charge < -0.3 is 10.0 Å². The fourth-order valence-electron chi connectivity index (χ4n) is 3.80. The van der Waals surface area contributed by atoms with Crippen molar-refractivity contribution in [2.45, 2.75) is 57.4 Å². The minimum atomic E-state index is -3.79. The van der Waals surface area contributed by atoms with Crippen LogP contribution in [0.4, 0.5) is 0 Å². The fourth-order valence-corrected chi connectivity index (χ4v) is 5.86. The summed E-state index contributed by atoms with van der Waals surface area (Å²) in [5.41, 5.74) is 2.36. The topological polar surface area (TPSA) is 95.0 Å². The summed E-state index contributed by atoms with van der Waals surface area (Å²) < 4.78 is 27.9. The molecule has 150 valence electrons. The monoisotopic (exact) mass is 396 g/mol. The molecule has 1 aliphatic rings. The number of carbonyl (C=O) groups excluding carboxylic acids is 1. The quantitative estimate of drug-likeness (QED) is 0.761. The van der Waals surface area contributed by atoms with Crippen LogP contribution in [-0.2, 0) is 19.6 Å². The average Bonchev–Trinajstić information content (AvgIpc) is 3.02. The lowest BCUT2D eigenvalue weighted by molar-refractivity contribution is -0.138. The molecule has 1 aromatic rings. The van der Waals surface area contributed by atoms with Crippen LogP contribution in [0.15, 0.2) is 17.0 Å². The minimum absolute atomic E-state index is 0.0218. The van der Waals surface area contributed by atoms with Crippen LogP contribution in [0.5, 0.6) is 0 Å². The van der Waals surface area contributed by atoms with Crippen molar-refractivity contribution in [2.24, 2.45) is 0 Å². The van der Waals surface area contributed by atoms with E-state index in [4.69, 9.17) is 5.11 Å². The number of aliphatic carboxylic acids is 1. The van der Waals surface area contributed by atoms with Crippen molar-refractivity contribution in [1.29, 1.82) is 0 Å². The second-order valence-corrected chi connectivity index (χ2v) is 9.09. The highest BCUT2D eigenvalue weighted by Crippen LogP contribution is 2.31. The van der Waals surface area contributed by atoms with Gasteiger partial charge in [-0.25, -0.2) is 8.42 Å². The van der Waals surface area contributed by atoms with Crippen molar-refractivity contribution in [3.8, 4) is 0 Å². The largest absolute Gasteiger partial charge is 0.481 e. The highest BCUT2D eigenvalue weighted by molar-refractivity contribution is 7.89. The summed E-state index contributed by atoms with van der Waals surface area (Å²) >= 11 is 0. The fraction of sp³-hybridized carbons (Fsp3) is 0.579. The number of carbonyl (C=O) groups is 2. The summed E-state index contributed by atoms with van der Waals surface area (Å²) in [4.78, 5) is 25.2. The summed E-state index contributed by atoms with van der Waals surface area (Å²) in [7, 11) is -2.19. The van der Waals surface area contributed by atoms with Gasteiger partial charge in [0.15, 0.2) is 0 Å². The molecule has 7 nitrogen and oxygen atoms in total. The zero-order valence-corrected chi connectivity index (χ0v) is 17.2. The molecule has 0 bridgehead atoms. The van der Waals surface area contributed by atoms with Gasteiger partial charge in [-0.05, 0) is 51.2 Å². The van der Waals surface area contributed by atoms with E-state index in [0.717, 1.165) is 5.56 Å². The zero-order chi connectivity index (χ0) is 20.4. The molecule has 0 aromatic heterocycles. The summed E-state index contributed by atoms with van der Waals surface area (Å²) in [5, 5.41) is 8.73. The lowest BCUT2D eigenvalue weighted by Gasteiger charge is -2.28. The van der Waals surface area contributed by atoms with Crippen LogP contribution in [0.1, 0.15) is 42.4 Å². The number of nitrogens with zero attached hydrogens (tertiary/aromatic N) is 2. The number of carboxylic acids is 1.